The van der Waals surface area contributed by atoms with Crippen LogP contribution in [0, 0.1) is 6.92 Å². The second kappa shape index (κ2) is 5.32. The fourth-order valence-electron chi connectivity index (χ4n) is 1.92. The number of nitrogen functional groups attached to an aromatic ring is 1. The summed E-state index contributed by atoms with van der Waals surface area (Å²) in [5, 5.41) is 0.719. The largest absolute Gasteiger partial charge is 0.398 e. The molecule has 0 bridgehead atoms. The topological polar surface area (TPSA) is 29.3 Å². The van der Waals surface area contributed by atoms with Gasteiger partial charge >= 0.3 is 0 Å². The highest BCUT2D eigenvalue weighted by atomic mass is 35.5. The minimum absolute atomic E-state index is 0.719. The Kier molecular flexibility index (Phi) is 3.78. The van der Waals surface area contributed by atoms with Gasteiger partial charge < -0.3 is 10.6 Å². The van der Waals surface area contributed by atoms with Crippen molar-refractivity contribution in [2.75, 3.05) is 17.7 Å². The second-order valence-electron chi connectivity index (χ2n) is 4.54. The van der Waals surface area contributed by atoms with E-state index in [9.17, 15) is 0 Å². The first kappa shape index (κ1) is 12.8. The average molecular weight is 261 g/mol. The van der Waals surface area contributed by atoms with Crippen molar-refractivity contribution in [1.29, 1.82) is 0 Å². The number of hydrogen-bond donors (Lipinski definition) is 1. The zero-order chi connectivity index (χ0) is 13.1. The van der Waals surface area contributed by atoms with Crippen LogP contribution in [0.4, 0.5) is 11.4 Å². The molecule has 3 heteroatoms. The van der Waals surface area contributed by atoms with Crippen LogP contribution in [-0.2, 0) is 6.54 Å². The summed E-state index contributed by atoms with van der Waals surface area (Å²) in [6.07, 6.45) is 0. The molecule has 2 aromatic rings. The number of anilines is 2. The monoisotopic (exact) mass is 260 g/mol. The van der Waals surface area contributed by atoms with Crippen LogP contribution in [0.1, 0.15) is 11.1 Å². The minimum atomic E-state index is 0.719. The van der Waals surface area contributed by atoms with E-state index in [0.29, 0.717) is 0 Å². The van der Waals surface area contributed by atoms with Crippen molar-refractivity contribution in [2.24, 2.45) is 0 Å². The summed E-state index contributed by atoms with van der Waals surface area (Å²) in [6, 6.07) is 14.0. The third-order valence-electron chi connectivity index (χ3n) is 2.95. The third-order valence-corrected chi connectivity index (χ3v) is 3.19. The molecule has 2 aromatic carbocycles. The zero-order valence-electron chi connectivity index (χ0n) is 10.7. The van der Waals surface area contributed by atoms with Crippen molar-refractivity contribution in [1.82, 2.24) is 0 Å². The molecule has 0 aliphatic carbocycles. The molecule has 0 saturated carbocycles. The maximum absolute atomic E-state index is 6.00. The van der Waals surface area contributed by atoms with Gasteiger partial charge in [0.05, 0.1) is 0 Å². The maximum atomic E-state index is 6.00. The number of halogens is 1. The van der Waals surface area contributed by atoms with Crippen LogP contribution in [0.3, 0.4) is 0 Å². The van der Waals surface area contributed by atoms with Crippen molar-refractivity contribution in [3.63, 3.8) is 0 Å². The SMILES string of the molecule is Cc1cccc(N(C)Cc2cc(Cl)ccc2N)c1. The summed E-state index contributed by atoms with van der Waals surface area (Å²) in [5.41, 5.74) is 10.2. The first-order valence-electron chi connectivity index (χ1n) is 5.88. The van der Waals surface area contributed by atoms with E-state index in [-0.39, 0.29) is 0 Å². The van der Waals surface area contributed by atoms with E-state index >= 15 is 0 Å². The number of aryl methyl sites for hydroxylation is 1. The summed E-state index contributed by atoms with van der Waals surface area (Å²) in [7, 11) is 2.05. The highest BCUT2D eigenvalue weighted by Gasteiger charge is 2.06. The van der Waals surface area contributed by atoms with Gasteiger partial charge in [0.2, 0.25) is 0 Å². The second-order valence-corrected chi connectivity index (χ2v) is 4.97. The minimum Gasteiger partial charge on any atom is -0.398 e. The summed E-state index contributed by atoms with van der Waals surface area (Å²) < 4.78 is 0. The Morgan fingerprint density at radius 1 is 1.17 bits per heavy atom. The van der Waals surface area contributed by atoms with Crippen LogP contribution in [0.15, 0.2) is 42.5 Å². The predicted octanol–water partition coefficient (Wildman–Crippen LogP) is 3.87. The van der Waals surface area contributed by atoms with Crippen molar-refractivity contribution < 1.29 is 0 Å². The van der Waals surface area contributed by atoms with Gasteiger partial charge in [0.15, 0.2) is 0 Å². The van der Waals surface area contributed by atoms with Gasteiger partial charge in [-0.1, -0.05) is 23.7 Å². The van der Waals surface area contributed by atoms with Crippen molar-refractivity contribution in [2.45, 2.75) is 13.5 Å². The Bertz CT molecular complexity index is 552. The lowest BCUT2D eigenvalue weighted by molar-refractivity contribution is 0.924. The molecular formula is C15H17ClN2. The van der Waals surface area contributed by atoms with Crippen LogP contribution in [0.2, 0.25) is 5.02 Å². The molecule has 2 N–H and O–H groups in total. The molecule has 0 spiro atoms. The van der Waals surface area contributed by atoms with Gasteiger partial charge in [-0.05, 0) is 48.4 Å². The number of rotatable bonds is 3. The van der Waals surface area contributed by atoms with Crippen LogP contribution < -0.4 is 10.6 Å². The molecule has 0 unspecified atom stereocenters. The molecule has 0 atom stereocenters. The maximum Gasteiger partial charge on any atom is 0.0447 e. The van der Waals surface area contributed by atoms with Crippen molar-refractivity contribution in [3.05, 3.63) is 58.6 Å². The zero-order valence-corrected chi connectivity index (χ0v) is 11.4. The van der Waals surface area contributed by atoms with Gasteiger partial charge in [-0.2, -0.15) is 0 Å². The quantitative estimate of drug-likeness (QED) is 0.849. The first-order chi connectivity index (χ1) is 8.56. The van der Waals surface area contributed by atoms with E-state index in [1.807, 2.05) is 18.2 Å². The first-order valence-corrected chi connectivity index (χ1v) is 6.26. The Morgan fingerprint density at radius 2 is 1.94 bits per heavy atom. The lowest BCUT2D eigenvalue weighted by Gasteiger charge is -2.21. The third kappa shape index (κ3) is 2.96. The van der Waals surface area contributed by atoms with Crippen molar-refractivity contribution in [3.8, 4) is 0 Å². The average Bonchev–Trinajstić information content (AvgIpc) is 2.34. The molecule has 0 aromatic heterocycles. The van der Waals surface area contributed by atoms with Crippen LogP contribution in [0.5, 0.6) is 0 Å². The number of hydrogen-bond acceptors (Lipinski definition) is 2. The van der Waals surface area contributed by atoms with Gasteiger partial charge in [-0.15, -0.1) is 0 Å². The normalized spacial score (nSPS) is 10.4. The highest BCUT2D eigenvalue weighted by Crippen LogP contribution is 2.22. The molecule has 2 nitrogen and oxygen atoms in total. The molecule has 0 aliphatic rings. The highest BCUT2D eigenvalue weighted by molar-refractivity contribution is 6.30. The smallest absolute Gasteiger partial charge is 0.0447 e. The molecule has 0 saturated heterocycles. The summed E-state index contributed by atoms with van der Waals surface area (Å²) in [6.45, 7) is 2.83. The van der Waals surface area contributed by atoms with E-state index in [0.717, 1.165) is 22.8 Å². The van der Waals surface area contributed by atoms with E-state index in [2.05, 4.69) is 43.1 Å². The Hall–Kier alpha value is -1.67. The molecule has 0 fully saturated rings. The number of nitrogens with zero attached hydrogens (tertiary/aromatic N) is 1. The Labute approximate surface area is 113 Å². The summed E-state index contributed by atoms with van der Waals surface area (Å²) in [4.78, 5) is 2.16. The molecular weight excluding hydrogens is 244 g/mol. The predicted molar refractivity (Wildman–Crippen MR) is 79.2 cm³/mol. The van der Waals surface area contributed by atoms with E-state index in [4.69, 9.17) is 17.3 Å². The van der Waals surface area contributed by atoms with Crippen molar-refractivity contribution >= 4 is 23.0 Å². The number of nitrogens with two attached hydrogens (primary N) is 1. The van der Waals surface area contributed by atoms with Gasteiger partial charge in [0, 0.05) is 30.0 Å². The molecule has 2 rings (SSSR count). The van der Waals surface area contributed by atoms with Gasteiger partial charge in [-0.3, -0.25) is 0 Å². The van der Waals surface area contributed by atoms with Crippen LogP contribution >= 0.6 is 11.6 Å². The van der Waals surface area contributed by atoms with E-state index in [1.165, 1.54) is 11.3 Å². The van der Waals surface area contributed by atoms with Gasteiger partial charge in [0.25, 0.3) is 0 Å². The lowest BCUT2D eigenvalue weighted by atomic mass is 10.1. The fraction of sp³-hybridized carbons (Fsp3) is 0.200. The van der Waals surface area contributed by atoms with E-state index in [1.54, 1.807) is 0 Å². The van der Waals surface area contributed by atoms with Gasteiger partial charge in [0.1, 0.15) is 0 Å². The van der Waals surface area contributed by atoms with E-state index < -0.39 is 0 Å². The molecule has 0 aliphatic heterocycles. The fourth-order valence-corrected chi connectivity index (χ4v) is 2.12. The Morgan fingerprint density at radius 3 is 2.67 bits per heavy atom. The standard InChI is InChI=1S/C15H17ClN2/c1-11-4-3-5-14(8-11)18(2)10-12-9-13(16)6-7-15(12)17/h3-9H,10,17H2,1-2H3. The van der Waals surface area contributed by atoms with Gasteiger partial charge in [-0.25, -0.2) is 0 Å². The lowest BCUT2D eigenvalue weighted by Crippen LogP contribution is -2.17. The Balaban J connectivity index is 2.21. The molecule has 0 heterocycles. The van der Waals surface area contributed by atoms with Crippen LogP contribution in [-0.4, -0.2) is 7.05 Å². The number of benzene rings is 2. The molecule has 0 amide bonds. The molecule has 0 radical (unpaired) electrons. The summed E-state index contributed by atoms with van der Waals surface area (Å²) in [5.74, 6) is 0. The molecule has 18 heavy (non-hydrogen) atoms. The molecule has 94 valence electrons. The summed E-state index contributed by atoms with van der Waals surface area (Å²) >= 11 is 6.00. The van der Waals surface area contributed by atoms with Crippen LogP contribution in [0.25, 0.3) is 0 Å².